The van der Waals surface area contributed by atoms with Crippen LogP contribution in [0.2, 0.25) is 10.0 Å². The van der Waals surface area contributed by atoms with Crippen molar-refractivity contribution in [3.05, 3.63) is 80.8 Å². The highest BCUT2D eigenvalue weighted by Crippen LogP contribution is 2.27. The van der Waals surface area contributed by atoms with Crippen LogP contribution in [-0.2, 0) is 6.54 Å². The van der Waals surface area contributed by atoms with Crippen LogP contribution in [-0.4, -0.2) is 15.7 Å². The van der Waals surface area contributed by atoms with Gasteiger partial charge in [0.2, 0.25) is 0 Å². The van der Waals surface area contributed by atoms with Gasteiger partial charge in [-0.05, 0) is 50.2 Å². The molecule has 26 heavy (non-hydrogen) atoms. The molecule has 1 heterocycles. The number of carbonyl (C=O) groups is 1. The summed E-state index contributed by atoms with van der Waals surface area (Å²) in [6.45, 7) is 4.04. The summed E-state index contributed by atoms with van der Waals surface area (Å²) in [5, 5.41) is 8.43. The Balaban J connectivity index is 1.86. The molecule has 0 saturated heterocycles. The van der Waals surface area contributed by atoms with E-state index < -0.39 is 5.82 Å². The minimum atomic E-state index is -0.390. The Kier molecular flexibility index (Phi) is 5.30. The van der Waals surface area contributed by atoms with Crippen molar-refractivity contribution in [2.45, 2.75) is 20.4 Å². The van der Waals surface area contributed by atoms with Crippen LogP contribution in [0.1, 0.15) is 27.3 Å². The molecule has 0 spiro atoms. The van der Waals surface area contributed by atoms with Crippen LogP contribution < -0.4 is 5.32 Å². The van der Waals surface area contributed by atoms with Gasteiger partial charge in [0.05, 0.1) is 23.6 Å². The fraction of sp³-hybridized carbons (Fsp3) is 0.158. The third kappa shape index (κ3) is 3.74. The van der Waals surface area contributed by atoms with Crippen LogP contribution in [0.4, 0.5) is 10.1 Å². The van der Waals surface area contributed by atoms with Crippen molar-refractivity contribution >= 4 is 34.8 Å². The molecule has 0 aliphatic heterocycles. The second-order valence-corrected chi connectivity index (χ2v) is 6.68. The molecule has 0 aliphatic rings. The maximum atomic E-state index is 13.0. The number of hydrogen-bond acceptors (Lipinski definition) is 2. The molecular weight excluding hydrogens is 376 g/mol. The zero-order chi connectivity index (χ0) is 18.8. The first-order valence-corrected chi connectivity index (χ1v) is 8.66. The van der Waals surface area contributed by atoms with Crippen molar-refractivity contribution in [2.75, 3.05) is 5.32 Å². The largest absolute Gasteiger partial charge is 0.319 e. The molecule has 0 aliphatic carbocycles. The number of amides is 1. The zero-order valence-corrected chi connectivity index (χ0v) is 15.7. The predicted octanol–water partition coefficient (Wildman–Crippen LogP) is 5.25. The second kappa shape index (κ2) is 7.48. The normalized spacial score (nSPS) is 10.8. The SMILES string of the molecule is Cc1nn(Cc2c(Cl)cccc2Cl)c(C)c1NC(=O)c1ccc(F)cc1. The summed E-state index contributed by atoms with van der Waals surface area (Å²) < 4.78 is 14.8. The van der Waals surface area contributed by atoms with Gasteiger partial charge < -0.3 is 5.32 Å². The van der Waals surface area contributed by atoms with E-state index in [1.54, 1.807) is 29.8 Å². The molecule has 0 fully saturated rings. The lowest BCUT2D eigenvalue weighted by molar-refractivity contribution is 0.102. The number of benzene rings is 2. The van der Waals surface area contributed by atoms with Crippen molar-refractivity contribution < 1.29 is 9.18 Å². The number of rotatable bonds is 4. The summed E-state index contributed by atoms with van der Waals surface area (Å²) in [7, 11) is 0. The summed E-state index contributed by atoms with van der Waals surface area (Å²) in [5.74, 6) is -0.718. The number of halogens is 3. The summed E-state index contributed by atoms with van der Waals surface area (Å²) in [6, 6.07) is 10.7. The van der Waals surface area contributed by atoms with Gasteiger partial charge in [-0.1, -0.05) is 29.3 Å². The first-order valence-electron chi connectivity index (χ1n) is 7.90. The van der Waals surface area contributed by atoms with E-state index in [2.05, 4.69) is 10.4 Å². The average molecular weight is 392 g/mol. The van der Waals surface area contributed by atoms with E-state index in [0.717, 1.165) is 11.3 Å². The molecule has 0 atom stereocenters. The molecule has 7 heteroatoms. The molecule has 3 rings (SSSR count). The fourth-order valence-corrected chi connectivity index (χ4v) is 3.17. The van der Waals surface area contributed by atoms with E-state index in [-0.39, 0.29) is 5.91 Å². The third-order valence-corrected chi connectivity index (χ3v) is 4.80. The van der Waals surface area contributed by atoms with Crippen LogP contribution in [0.25, 0.3) is 0 Å². The Morgan fingerprint density at radius 3 is 2.35 bits per heavy atom. The van der Waals surface area contributed by atoms with Gasteiger partial charge in [-0.3, -0.25) is 9.48 Å². The van der Waals surface area contributed by atoms with E-state index in [9.17, 15) is 9.18 Å². The number of nitrogens with zero attached hydrogens (tertiary/aromatic N) is 2. The maximum Gasteiger partial charge on any atom is 0.255 e. The van der Waals surface area contributed by atoms with Crippen LogP contribution in [0, 0.1) is 19.7 Å². The Morgan fingerprint density at radius 2 is 1.73 bits per heavy atom. The van der Waals surface area contributed by atoms with Crippen LogP contribution in [0.5, 0.6) is 0 Å². The van der Waals surface area contributed by atoms with Crippen LogP contribution in [0.3, 0.4) is 0 Å². The second-order valence-electron chi connectivity index (χ2n) is 5.86. The van der Waals surface area contributed by atoms with Gasteiger partial charge in [0.1, 0.15) is 5.82 Å². The van der Waals surface area contributed by atoms with E-state index >= 15 is 0 Å². The van der Waals surface area contributed by atoms with Gasteiger partial charge in [0.25, 0.3) is 5.91 Å². The van der Waals surface area contributed by atoms with E-state index in [1.807, 2.05) is 6.92 Å². The fourth-order valence-electron chi connectivity index (χ4n) is 2.65. The topological polar surface area (TPSA) is 46.9 Å². The van der Waals surface area contributed by atoms with E-state index in [0.29, 0.717) is 33.5 Å². The maximum absolute atomic E-state index is 13.0. The Bertz CT molecular complexity index is 947. The molecule has 3 aromatic rings. The smallest absolute Gasteiger partial charge is 0.255 e. The quantitative estimate of drug-likeness (QED) is 0.660. The lowest BCUT2D eigenvalue weighted by Crippen LogP contribution is -2.13. The number of hydrogen-bond donors (Lipinski definition) is 1. The van der Waals surface area contributed by atoms with Gasteiger partial charge in [-0.2, -0.15) is 5.10 Å². The molecule has 1 amide bonds. The number of aromatic nitrogens is 2. The molecule has 1 N–H and O–H groups in total. The van der Waals surface area contributed by atoms with Crippen LogP contribution >= 0.6 is 23.2 Å². The summed E-state index contributed by atoms with van der Waals surface area (Å²) in [6.07, 6.45) is 0. The Hall–Kier alpha value is -2.37. The van der Waals surface area contributed by atoms with Crippen molar-refractivity contribution in [2.24, 2.45) is 0 Å². The summed E-state index contributed by atoms with van der Waals surface area (Å²) in [4.78, 5) is 12.4. The van der Waals surface area contributed by atoms with Crippen molar-refractivity contribution in [3.63, 3.8) is 0 Å². The standard InChI is InChI=1S/C19H16Cl2FN3O/c1-11-18(23-19(26)13-6-8-14(22)9-7-13)12(2)25(24-11)10-15-16(20)4-3-5-17(15)21/h3-9H,10H2,1-2H3,(H,23,26). The van der Waals surface area contributed by atoms with Gasteiger partial charge in [-0.25, -0.2) is 4.39 Å². The van der Waals surface area contributed by atoms with Crippen molar-refractivity contribution in [1.82, 2.24) is 9.78 Å². The van der Waals surface area contributed by atoms with Gasteiger partial charge in [0.15, 0.2) is 0 Å². The van der Waals surface area contributed by atoms with Gasteiger partial charge in [-0.15, -0.1) is 0 Å². The molecule has 1 aromatic heterocycles. The predicted molar refractivity (Wildman–Crippen MR) is 102 cm³/mol. The average Bonchev–Trinajstić information content (AvgIpc) is 2.86. The molecule has 0 unspecified atom stereocenters. The van der Waals surface area contributed by atoms with E-state index in [1.165, 1.54) is 24.3 Å². The minimum absolute atomic E-state index is 0.327. The lowest BCUT2D eigenvalue weighted by Gasteiger charge is -2.10. The van der Waals surface area contributed by atoms with Crippen molar-refractivity contribution in [3.8, 4) is 0 Å². The molecule has 0 radical (unpaired) electrons. The van der Waals surface area contributed by atoms with Gasteiger partial charge in [0, 0.05) is 21.2 Å². The Labute approximate surface area is 160 Å². The zero-order valence-electron chi connectivity index (χ0n) is 14.2. The highest BCUT2D eigenvalue weighted by Gasteiger charge is 2.17. The van der Waals surface area contributed by atoms with E-state index in [4.69, 9.17) is 23.2 Å². The molecule has 134 valence electrons. The van der Waals surface area contributed by atoms with Gasteiger partial charge >= 0.3 is 0 Å². The summed E-state index contributed by atoms with van der Waals surface area (Å²) >= 11 is 12.5. The molecular formula is C19H16Cl2FN3O. The lowest BCUT2D eigenvalue weighted by atomic mass is 10.2. The van der Waals surface area contributed by atoms with Crippen molar-refractivity contribution in [1.29, 1.82) is 0 Å². The first kappa shape index (κ1) is 18.4. The molecule has 2 aromatic carbocycles. The number of nitrogens with one attached hydrogen (secondary N) is 1. The number of aryl methyl sites for hydroxylation is 1. The van der Waals surface area contributed by atoms with Crippen LogP contribution in [0.15, 0.2) is 42.5 Å². The highest BCUT2D eigenvalue weighted by atomic mass is 35.5. The monoisotopic (exact) mass is 391 g/mol. The minimum Gasteiger partial charge on any atom is -0.319 e. The molecule has 0 bridgehead atoms. The molecule has 4 nitrogen and oxygen atoms in total. The Morgan fingerprint density at radius 1 is 1.12 bits per heavy atom. The number of anilines is 1. The molecule has 0 saturated carbocycles. The third-order valence-electron chi connectivity index (χ3n) is 4.10. The summed E-state index contributed by atoms with van der Waals surface area (Å²) in [5.41, 5.74) is 3.18. The first-order chi connectivity index (χ1) is 12.4. The number of carbonyl (C=O) groups excluding carboxylic acids is 1. The highest BCUT2D eigenvalue weighted by molar-refractivity contribution is 6.35.